The molecule has 0 aliphatic carbocycles. The molecule has 43 heavy (non-hydrogen) atoms. The molecule has 1 aromatic heterocycles. The fourth-order valence-electron chi connectivity index (χ4n) is 4.82. The van der Waals surface area contributed by atoms with Gasteiger partial charge in [0.15, 0.2) is 0 Å². The average Bonchev–Trinajstić information content (AvgIpc) is 3.01. The number of pyridine rings is 1. The maximum atomic E-state index is 10.6. The summed E-state index contributed by atoms with van der Waals surface area (Å²) in [5.74, 6) is 0. The molecule has 0 spiro atoms. The van der Waals surface area contributed by atoms with E-state index in [-0.39, 0.29) is 10.8 Å². The van der Waals surface area contributed by atoms with Crippen LogP contribution in [0.2, 0.25) is 0 Å². The minimum absolute atomic E-state index is 0.203. The SMILES string of the molecule is CC(C)(C)c1ccc(COCc2ccc(C(C)(C)C)cc2)cc1.OC(c1cccnc1)c1ccccc1-c1ccccc1. The summed E-state index contributed by atoms with van der Waals surface area (Å²) < 4.78 is 5.86. The molecule has 5 aromatic rings. The molecule has 0 fully saturated rings. The third kappa shape index (κ3) is 9.22. The van der Waals surface area contributed by atoms with Crippen LogP contribution in [0.15, 0.2) is 128 Å². The van der Waals surface area contributed by atoms with E-state index in [4.69, 9.17) is 4.74 Å². The molecule has 0 amide bonds. The van der Waals surface area contributed by atoms with Crippen LogP contribution < -0.4 is 0 Å². The zero-order valence-corrected chi connectivity index (χ0v) is 26.4. The normalized spacial score (nSPS) is 12.3. The van der Waals surface area contributed by atoms with E-state index in [0.29, 0.717) is 13.2 Å². The van der Waals surface area contributed by atoms with Crippen LogP contribution in [0, 0.1) is 0 Å². The topological polar surface area (TPSA) is 42.4 Å². The van der Waals surface area contributed by atoms with Gasteiger partial charge in [-0.3, -0.25) is 4.98 Å². The van der Waals surface area contributed by atoms with Crippen molar-refractivity contribution in [2.45, 2.75) is 71.7 Å². The monoisotopic (exact) mass is 571 g/mol. The first kappa shape index (κ1) is 31.9. The molecule has 0 aliphatic rings. The van der Waals surface area contributed by atoms with Gasteiger partial charge < -0.3 is 9.84 Å². The van der Waals surface area contributed by atoms with Crippen LogP contribution in [0.3, 0.4) is 0 Å². The van der Waals surface area contributed by atoms with E-state index in [2.05, 4.69) is 107 Å². The first-order valence-electron chi connectivity index (χ1n) is 15.0. The third-order valence-corrected chi connectivity index (χ3v) is 7.52. The molecule has 0 saturated heterocycles. The summed E-state index contributed by atoms with van der Waals surface area (Å²) in [5.41, 5.74) is 9.42. The number of hydrogen-bond donors (Lipinski definition) is 1. The van der Waals surface area contributed by atoms with Crippen LogP contribution in [0.5, 0.6) is 0 Å². The van der Waals surface area contributed by atoms with E-state index in [1.807, 2.05) is 54.6 Å². The minimum Gasteiger partial charge on any atom is -0.384 e. The Morgan fingerprint density at radius 2 is 1.12 bits per heavy atom. The summed E-state index contributed by atoms with van der Waals surface area (Å²) in [6.45, 7) is 14.7. The second kappa shape index (κ2) is 14.4. The third-order valence-electron chi connectivity index (χ3n) is 7.52. The van der Waals surface area contributed by atoms with Gasteiger partial charge in [0, 0.05) is 18.0 Å². The van der Waals surface area contributed by atoms with Crippen LogP contribution in [-0.4, -0.2) is 10.1 Å². The molecule has 1 heterocycles. The first-order chi connectivity index (χ1) is 20.5. The highest BCUT2D eigenvalue weighted by Gasteiger charge is 2.16. The largest absolute Gasteiger partial charge is 0.384 e. The van der Waals surface area contributed by atoms with Crippen LogP contribution >= 0.6 is 0 Å². The average molecular weight is 572 g/mol. The summed E-state index contributed by atoms with van der Waals surface area (Å²) >= 11 is 0. The van der Waals surface area contributed by atoms with E-state index >= 15 is 0 Å². The first-order valence-corrected chi connectivity index (χ1v) is 15.0. The van der Waals surface area contributed by atoms with Gasteiger partial charge in [-0.15, -0.1) is 0 Å². The van der Waals surface area contributed by atoms with Gasteiger partial charge in [-0.05, 0) is 55.8 Å². The summed E-state index contributed by atoms with van der Waals surface area (Å²) in [4.78, 5) is 4.07. The number of aliphatic hydroxyl groups is 1. The van der Waals surface area contributed by atoms with Crippen molar-refractivity contribution in [3.63, 3.8) is 0 Å². The van der Waals surface area contributed by atoms with Crippen molar-refractivity contribution in [3.05, 3.63) is 161 Å². The number of rotatable bonds is 7. The number of nitrogens with zero attached hydrogens (tertiary/aromatic N) is 1. The zero-order valence-electron chi connectivity index (χ0n) is 26.4. The van der Waals surface area contributed by atoms with Crippen molar-refractivity contribution in [2.24, 2.45) is 0 Å². The van der Waals surface area contributed by atoms with E-state index in [9.17, 15) is 5.11 Å². The lowest BCUT2D eigenvalue weighted by molar-refractivity contribution is 0.107. The van der Waals surface area contributed by atoms with Crippen molar-refractivity contribution in [2.75, 3.05) is 0 Å². The van der Waals surface area contributed by atoms with Gasteiger partial charge in [0.1, 0.15) is 6.10 Å². The van der Waals surface area contributed by atoms with Gasteiger partial charge in [0.25, 0.3) is 0 Å². The van der Waals surface area contributed by atoms with E-state index < -0.39 is 6.10 Å². The number of aliphatic hydroxyl groups excluding tert-OH is 1. The molecule has 3 heteroatoms. The molecule has 1 N–H and O–H groups in total. The highest BCUT2D eigenvalue weighted by molar-refractivity contribution is 5.68. The molecule has 0 aliphatic heterocycles. The maximum Gasteiger partial charge on any atom is 0.106 e. The molecule has 0 radical (unpaired) electrons. The maximum absolute atomic E-state index is 10.6. The number of ether oxygens (including phenoxy) is 1. The Morgan fingerprint density at radius 3 is 1.60 bits per heavy atom. The fraction of sp³-hybridized carbons (Fsp3) is 0.275. The number of aromatic nitrogens is 1. The summed E-state index contributed by atoms with van der Waals surface area (Å²) in [6.07, 6.45) is 2.74. The molecule has 1 unspecified atom stereocenters. The molecular formula is C40H45NO2. The summed E-state index contributed by atoms with van der Waals surface area (Å²) in [7, 11) is 0. The van der Waals surface area contributed by atoms with Crippen LogP contribution in [0.1, 0.15) is 81.0 Å². The Morgan fingerprint density at radius 1 is 0.605 bits per heavy atom. The molecule has 0 saturated carbocycles. The standard InChI is InChI=1S/C22H30O.C18H15NO/c1-21(2,3)19-11-7-17(8-12-19)15-23-16-18-9-13-20(14-10-18)22(4,5)6;20-18(15-9-6-12-19-13-15)17-11-5-4-10-16(17)14-7-2-1-3-8-14/h7-14H,15-16H2,1-6H3;1-13,18,20H. The summed E-state index contributed by atoms with van der Waals surface area (Å²) in [6, 6.07) is 39.2. The van der Waals surface area contributed by atoms with E-state index in [1.165, 1.54) is 22.3 Å². The lowest BCUT2D eigenvalue weighted by atomic mass is 9.87. The Hall–Kier alpha value is -4.05. The van der Waals surface area contributed by atoms with Gasteiger partial charge in [0.2, 0.25) is 0 Å². The smallest absolute Gasteiger partial charge is 0.106 e. The number of benzene rings is 4. The molecular weight excluding hydrogens is 526 g/mol. The van der Waals surface area contributed by atoms with Crippen LogP contribution in [0.25, 0.3) is 11.1 Å². The van der Waals surface area contributed by atoms with Gasteiger partial charge in [0.05, 0.1) is 13.2 Å². The highest BCUT2D eigenvalue weighted by Crippen LogP contribution is 2.31. The van der Waals surface area contributed by atoms with Gasteiger partial charge in [-0.25, -0.2) is 0 Å². The molecule has 4 aromatic carbocycles. The Bertz CT molecular complexity index is 1470. The van der Waals surface area contributed by atoms with Crippen molar-refractivity contribution in [3.8, 4) is 11.1 Å². The second-order valence-electron chi connectivity index (χ2n) is 13.0. The van der Waals surface area contributed by atoms with Gasteiger partial charge in [-0.2, -0.15) is 0 Å². The Kier molecular flexibility index (Phi) is 10.7. The van der Waals surface area contributed by atoms with Crippen LogP contribution in [-0.2, 0) is 28.8 Å². The van der Waals surface area contributed by atoms with Crippen molar-refractivity contribution in [1.82, 2.24) is 4.98 Å². The summed E-state index contributed by atoms with van der Waals surface area (Å²) in [5, 5.41) is 10.6. The fourth-order valence-corrected chi connectivity index (χ4v) is 4.82. The predicted octanol–water partition coefficient (Wildman–Crippen LogP) is 9.83. The Balaban J connectivity index is 0.000000198. The van der Waals surface area contributed by atoms with Gasteiger partial charge >= 0.3 is 0 Å². The van der Waals surface area contributed by atoms with E-state index in [0.717, 1.165) is 22.3 Å². The number of hydrogen-bond acceptors (Lipinski definition) is 3. The second-order valence-corrected chi connectivity index (χ2v) is 13.0. The highest BCUT2D eigenvalue weighted by atomic mass is 16.5. The van der Waals surface area contributed by atoms with Crippen molar-refractivity contribution >= 4 is 0 Å². The van der Waals surface area contributed by atoms with Crippen LogP contribution in [0.4, 0.5) is 0 Å². The quantitative estimate of drug-likeness (QED) is 0.211. The molecule has 1 atom stereocenters. The van der Waals surface area contributed by atoms with E-state index in [1.54, 1.807) is 12.4 Å². The zero-order chi connectivity index (χ0) is 30.9. The van der Waals surface area contributed by atoms with Crippen molar-refractivity contribution in [1.29, 1.82) is 0 Å². The lowest BCUT2D eigenvalue weighted by Crippen LogP contribution is -2.11. The molecule has 0 bridgehead atoms. The molecule has 3 nitrogen and oxygen atoms in total. The molecule has 5 rings (SSSR count). The van der Waals surface area contributed by atoms with Gasteiger partial charge in [-0.1, -0.05) is 151 Å². The predicted molar refractivity (Wildman–Crippen MR) is 179 cm³/mol. The minimum atomic E-state index is -0.667. The van der Waals surface area contributed by atoms with Crippen molar-refractivity contribution < 1.29 is 9.84 Å². The lowest BCUT2D eigenvalue weighted by Gasteiger charge is -2.19. The Labute approximate surface area is 258 Å². The molecule has 222 valence electrons.